The van der Waals surface area contributed by atoms with Crippen molar-refractivity contribution in [2.24, 2.45) is 0 Å². The van der Waals surface area contributed by atoms with Gasteiger partial charge in [0.05, 0.1) is 39.5 Å². The van der Waals surface area contributed by atoms with Crippen LogP contribution < -0.4 is 0 Å². The Morgan fingerprint density at radius 3 is 1.33 bits per heavy atom. The lowest BCUT2D eigenvalue weighted by Crippen LogP contribution is -2.62. The monoisotopic (exact) mass is 658 g/mol. The molecule has 0 amide bonds. The molecule has 0 spiro atoms. The van der Waals surface area contributed by atoms with Gasteiger partial charge in [-0.15, -0.1) is 0 Å². The van der Waals surface area contributed by atoms with Gasteiger partial charge in [-0.1, -0.05) is 152 Å². The number of ether oxygens (including phenoxy) is 6. The Labute approximate surface area is 288 Å². The van der Waals surface area contributed by atoms with E-state index in [4.69, 9.17) is 28.4 Å². The van der Waals surface area contributed by atoms with Crippen LogP contribution in [0.3, 0.4) is 0 Å². The first-order valence-electron chi connectivity index (χ1n) is 16.7. The van der Waals surface area contributed by atoms with E-state index in [0.717, 1.165) is 27.8 Å². The van der Waals surface area contributed by atoms with E-state index >= 15 is 0 Å². The molecule has 1 aliphatic heterocycles. The molecular formula is C42H42O7. The summed E-state index contributed by atoms with van der Waals surface area (Å²) in [4.78, 5) is 13.4. The summed E-state index contributed by atoms with van der Waals surface area (Å²) in [5.41, 5.74) is 4.84. The Morgan fingerprint density at radius 1 is 0.469 bits per heavy atom. The Balaban J connectivity index is 1.30. The molecule has 0 unspecified atom stereocenters. The van der Waals surface area contributed by atoms with Crippen molar-refractivity contribution >= 4 is 5.97 Å². The molecule has 0 aromatic heterocycles. The van der Waals surface area contributed by atoms with Gasteiger partial charge in [-0.05, 0) is 27.8 Å². The van der Waals surface area contributed by atoms with Gasteiger partial charge >= 0.3 is 5.97 Å². The fourth-order valence-corrected chi connectivity index (χ4v) is 5.78. The molecule has 1 aliphatic rings. The van der Waals surface area contributed by atoms with Gasteiger partial charge in [0.25, 0.3) is 0 Å². The predicted molar refractivity (Wildman–Crippen MR) is 186 cm³/mol. The van der Waals surface area contributed by atoms with Crippen LogP contribution in [-0.2, 0) is 66.1 Å². The predicted octanol–water partition coefficient (Wildman–Crippen LogP) is 7.47. The van der Waals surface area contributed by atoms with Crippen LogP contribution in [0.1, 0.15) is 27.8 Å². The van der Waals surface area contributed by atoms with E-state index in [2.05, 4.69) is 0 Å². The van der Waals surface area contributed by atoms with E-state index in [-0.39, 0.29) is 19.6 Å². The molecule has 7 nitrogen and oxygen atoms in total. The first kappa shape index (κ1) is 34.2. The van der Waals surface area contributed by atoms with Crippen LogP contribution in [0.4, 0.5) is 0 Å². The van der Waals surface area contributed by atoms with E-state index < -0.39 is 36.7 Å². The molecule has 0 bridgehead atoms. The summed E-state index contributed by atoms with van der Waals surface area (Å²) in [6.07, 6.45) is -3.74. The average molecular weight is 659 g/mol. The number of rotatable bonds is 16. The highest BCUT2D eigenvalue weighted by molar-refractivity contribution is 5.72. The zero-order valence-electron chi connectivity index (χ0n) is 27.4. The number of esters is 1. The maximum atomic E-state index is 13.4. The third-order valence-electron chi connectivity index (χ3n) is 8.28. The van der Waals surface area contributed by atoms with Crippen LogP contribution in [0.2, 0.25) is 0 Å². The summed E-state index contributed by atoms with van der Waals surface area (Å²) in [5.74, 6) is -0.432. The Kier molecular flexibility index (Phi) is 12.7. The van der Waals surface area contributed by atoms with Crippen molar-refractivity contribution < 1.29 is 33.2 Å². The SMILES string of the molecule is O=C(Cc1ccccc1)O[C@H]1O[C@H](COCc2ccccc2)[C@@H](OCc2ccccc2)[C@H](OCc2ccccc2)[C@H]1OCc1ccccc1. The lowest BCUT2D eigenvalue weighted by molar-refractivity contribution is -0.320. The molecule has 49 heavy (non-hydrogen) atoms. The molecule has 7 heteroatoms. The van der Waals surface area contributed by atoms with Gasteiger partial charge in [-0.2, -0.15) is 0 Å². The number of hydrogen-bond donors (Lipinski definition) is 0. The summed E-state index contributed by atoms with van der Waals surface area (Å²) in [5, 5.41) is 0. The summed E-state index contributed by atoms with van der Waals surface area (Å²) in [6.45, 7) is 1.43. The van der Waals surface area contributed by atoms with Crippen molar-refractivity contribution in [2.75, 3.05) is 6.61 Å². The van der Waals surface area contributed by atoms with Gasteiger partial charge in [0.2, 0.25) is 6.29 Å². The summed E-state index contributed by atoms with van der Waals surface area (Å²) in [7, 11) is 0. The van der Waals surface area contributed by atoms with Crippen LogP contribution in [0.15, 0.2) is 152 Å². The highest BCUT2D eigenvalue weighted by Crippen LogP contribution is 2.32. The van der Waals surface area contributed by atoms with E-state index in [1.807, 2.05) is 152 Å². The van der Waals surface area contributed by atoms with Gasteiger partial charge in [-0.25, -0.2) is 0 Å². The van der Waals surface area contributed by atoms with Gasteiger partial charge in [-0.3, -0.25) is 4.79 Å². The van der Waals surface area contributed by atoms with E-state index in [1.54, 1.807) is 0 Å². The number of carbonyl (C=O) groups is 1. The van der Waals surface area contributed by atoms with Crippen LogP contribution in [0, 0.1) is 0 Å². The van der Waals surface area contributed by atoms with Gasteiger partial charge in [0.1, 0.15) is 24.4 Å². The molecule has 0 saturated carbocycles. The van der Waals surface area contributed by atoms with Crippen LogP contribution in [-0.4, -0.2) is 43.3 Å². The molecule has 1 heterocycles. The van der Waals surface area contributed by atoms with Gasteiger partial charge in [0, 0.05) is 0 Å². The average Bonchev–Trinajstić information content (AvgIpc) is 3.15. The van der Waals surface area contributed by atoms with E-state index in [0.29, 0.717) is 19.8 Å². The van der Waals surface area contributed by atoms with Crippen molar-refractivity contribution in [3.63, 3.8) is 0 Å². The molecule has 5 atom stereocenters. The minimum absolute atomic E-state index is 0.0880. The molecule has 1 fully saturated rings. The van der Waals surface area contributed by atoms with Crippen LogP contribution in [0.5, 0.6) is 0 Å². The molecule has 0 aliphatic carbocycles. The molecule has 0 radical (unpaired) electrons. The fraction of sp³-hybridized carbons (Fsp3) is 0.262. The van der Waals surface area contributed by atoms with Crippen LogP contribution >= 0.6 is 0 Å². The standard InChI is InChI=1S/C42H42O7/c43-38(26-32-16-6-1-7-17-32)49-42-41(47-30-36-24-14-5-15-25-36)40(46-29-35-22-12-4-13-23-35)39(45-28-34-20-10-3-11-21-34)37(48-42)31-44-27-33-18-8-2-9-19-33/h1-25,37,39-42H,26-31H2/t37-,39-,40+,41-,42-/m1/s1. The number of benzene rings is 5. The summed E-state index contributed by atoms with van der Waals surface area (Å²) in [6, 6.07) is 49.2. The highest BCUT2D eigenvalue weighted by Gasteiger charge is 2.50. The Morgan fingerprint density at radius 2 is 0.857 bits per heavy atom. The smallest absolute Gasteiger partial charge is 0.312 e. The lowest BCUT2D eigenvalue weighted by Gasteiger charge is -2.45. The minimum atomic E-state index is -1.08. The highest BCUT2D eigenvalue weighted by atomic mass is 16.7. The quantitative estimate of drug-likeness (QED) is 0.102. The zero-order chi connectivity index (χ0) is 33.5. The van der Waals surface area contributed by atoms with Crippen molar-refractivity contribution in [3.8, 4) is 0 Å². The third kappa shape index (κ3) is 10.4. The van der Waals surface area contributed by atoms with Crippen molar-refractivity contribution in [2.45, 2.75) is 63.6 Å². The second kappa shape index (κ2) is 18.2. The lowest BCUT2D eigenvalue weighted by atomic mass is 9.97. The van der Waals surface area contributed by atoms with Crippen molar-refractivity contribution in [1.82, 2.24) is 0 Å². The first-order valence-corrected chi connectivity index (χ1v) is 16.7. The molecule has 0 N–H and O–H groups in total. The summed E-state index contributed by atoms with van der Waals surface area (Å²) < 4.78 is 38.9. The van der Waals surface area contributed by atoms with Crippen LogP contribution in [0.25, 0.3) is 0 Å². The minimum Gasteiger partial charge on any atom is -0.432 e. The van der Waals surface area contributed by atoms with Gasteiger partial charge < -0.3 is 28.4 Å². The molecule has 1 saturated heterocycles. The second-order valence-corrected chi connectivity index (χ2v) is 12.0. The van der Waals surface area contributed by atoms with E-state index in [9.17, 15) is 4.79 Å². The topological polar surface area (TPSA) is 72.5 Å². The van der Waals surface area contributed by atoms with Gasteiger partial charge in [0.15, 0.2) is 0 Å². The van der Waals surface area contributed by atoms with Crippen molar-refractivity contribution in [3.05, 3.63) is 179 Å². The normalized spacial score (nSPS) is 20.4. The van der Waals surface area contributed by atoms with Crippen molar-refractivity contribution in [1.29, 1.82) is 0 Å². The Hall–Kier alpha value is -4.63. The molecule has 252 valence electrons. The third-order valence-corrected chi connectivity index (χ3v) is 8.28. The maximum absolute atomic E-state index is 13.4. The second-order valence-electron chi connectivity index (χ2n) is 12.0. The first-order chi connectivity index (χ1) is 24.2. The fourth-order valence-electron chi connectivity index (χ4n) is 5.78. The summed E-state index contributed by atoms with van der Waals surface area (Å²) >= 11 is 0. The number of hydrogen-bond acceptors (Lipinski definition) is 7. The number of carbonyl (C=O) groups excluding carboxylic acids is 1. The zero-order valence-corrected chi connectivity index (χ0v) is 27.4. The largest absolute Gasteiger partial charge is 0.432 e. The molecule has 5 aromatic rings. The molecule has 5 aromatic carbocycles. The van der Waals surface area contributed by atoms with E-state index in [1.165, 1.54) is 0 Å². The molecule has 6 rings (SSSR count). The maximum Gasteiger partial charge on any atom is 0.312 e. The Bertz CT molecular complexity index is 1650. The molecular weight excluding hydrogens is 616 g/mol.